The van der Waals surface area contributed by atoms with Crippen LogP contribution in [0.15, 0.2) is 42.5 Å². The number of hydrogen-bond donors (Lipinski definition) is 1. The van der Waals surface area contributed by atoms with E-state index in [0.29, 0.717) is 24.8 Å². The molecule has 0 spiro atoms. The minimum atomic E-state index is -0.405. The summed E-state index contributed by atoms with van der Waals surface area (Å²) in [7, 11) is 1.63. The largest absolute Gasteiger partial charge is 0.497 e. The van der Waals surface area contributed by atoms with E-state index in [9.17, 15) is 0 Å². The van der Waals surface area contributed by atoms with E-state index in [1.165, 1.54) is 0 Å². The van der Waals surface area contributed by atoms with Gasteiger partial charge in [-0.25, -0.2) is 4.98 Å². The first kappa shape index (κ1) is 15.7. The van der Waals surface area contributed by atoms with E-state index >= 15 is 0 Å². The number of nitrogens with zero attached hydrogens (tertiary/aromatic N) is 1. The molecule has 1 saturated heterocycles. The maximum absolute atomic E-state index is 9.09. The van der Waals surface area contributed by atoms with E-state index in [0.717, 1.165) is 11.3 Å². The topological polar surface area (TPSA) is 70.0 Å². The van der Waals surface area contributed by atoms with E-state index in [1.807, 2.05) is 24.3 Å². The molecule has 6 nitrogen and oxygen atoms in total. The zero-order valence-electron chi connectivity index (χ0n) is 12.8. The molecule has 2 heterocycles. The molecule has 1 aromatic heterocycles. The Labute approximate surface area is 134 Å². The maximum atomic E-state index is 9.09. The zero-order valence-corrected chi connectivity index (χ0v) is 12.8. The van der Waals surface area contributed by atoms with Crippen molar-refractivity contribution in [2.45, 2.75) is 19.0 Å². The third kappa shape index (κ3) is 3.98. The second-order valence-corrected chi connectivity index (χ2v) is 5.14. The molecule has 0 saturated carbocycles. The van der Waals surface area contributed by atoms with Crippen molar-refractivity contribution >= 4 is 0 Å². The van der Waals surface area contributed by atoms with Crippen molar-refractivity contribution in [2.24, 2.45) is 0 Å². The SMILES string of the molecule is COc1ccc(C2OCC(Oc3cccc(CO)n3)CO2)cc1. The molecule has 6 heteroatoms. The van der Waals surface area contributed by atoms with Crippen molar-refractivity contribution in [3.05, 3.63) is 53.7 Å². The number of hydrogen-bond acceptors (Lipinski definition) is 6. The lowest BCUT2D eigenvalue weighted by atomic mass is 10.2. The van der Waals surface area contributed by atoms with Crippen molar-refractivity contribution in [1.29, 1.82) is 0 Å². The van der Waals surface area contributed by atoms with Gasteiger partial charge < -0.3 is 24.1 Å². The smallest absolute Gasteiger partial charge is 0.213 e. The molecule has 1 aliphatic rings. The van der Waals surface area contributed by atoms with Gasteiger partial charge in [-0.3, -0.25) is 0 Å². The van der Waals surface area contributed by atoms with Gasteiger partial charge >= 0.3 is 0 Å². The standard InChI is InChI=1S/C17H19NO5/c1-20-14-7-5-12(6-8-14)17-21-10-15(11-22-17)23-16-4-2-3-13(9-19)18-16/h2-8,15,17,19H,9-11H2,1H3. The molecule has 0 atom stereocenters. The average Bonchev–Trinajstić information content (AvgIpc) is 2.63. The minimum Gasteiger partial charge on any atom is -0.497 e. The number of aliphatic hydroxyl groups is 1. The van der Waals surface area contributed by atoms with E-state index in [4.69, 9.17) is 24.1 Å². The predicted molar refractivity (Wildman–Crippen MR) is 82.2 cm³/mol. The lowest BCUT2D eigenvalue weighted by Gasteiger charge is -2.29. The molecule has 3 rings (SSSR count). The van der Waals surface area contributed by atoms with Gasteiger partial charge in [0.25, 0.3) is 0 Å². The Balaban J connectivity index is 1.55. The molecule has 0 unspecified atom stereocenters. The quantitative estimate of drug-likeness (QED) is 0.910. The van der Waals surface area contributed by atoms with Crippen LogP contribution in [0.5, 0.6) is 11.6 Å². The van der Waals surface area contributed by atoms with Gasteiger partial charge in [0.2, 0.25) is 5.88 Å². The molecule has 0 radical (unpaired) electrons. The Morgan fingerprint density at radius 3 is 2.52 bits per heavy atom. The van der Waals surface area contributed by atoms with Gasteiger partial charge in [0.15, 0.2) is 6.29 Å². The molecule has 0 bridgehead atoms. The summed E-state index contributed by atoms with van der Waals surface area (Å²) in [6, 6.07) is 12.8. The molecule has 2 aromatic rings. The number of benzene rings is 1. The number of ether oxygens (including phenoxy) is 4. The Bertz CT molecular complexity index is 623. The second kappa shape index (κ2) is 7.41. The molecule has 1 fully saturated rings. The first-order valence-electron chi connectivity index (χ1n) is 7.39. The summed E-state index contributed by atoms with van der Waals surface area (Å²) in [4.78, 5) is 4.18. The Morgan fingerprint density at radius 2 is 1.87 bits per heavy atom. The van der Waals surface area contributed by atoms with Crippen molar-refractivity contribution in [3.63, 3.8) is 0 Å². The highest BCUT2D eigenvalue weighted by atomic mass is 16.7. The molecular formula is C17H19NO5. The second-order valence-electron chi connectivity index (χ2n) is 5.14. The molecule has 1 N–H and O–H groups in total. The van der Waals surface area contributed by atoms with E-state index in [2.05, 4.69) is 4.98 Å². The first-order valence-corrected chi connectivity index (χ1v) is 7.39. The fraction of sp³-hybridized carbons (Fsp3) is 0.353. The van der Waals surface area contributed by atoms with Gasteiger partial charge in [-0.05, 0) is 18.2 Å². The van der Waals surface area contributed by atoms with Crippen LogP contribution in [0, 0.1) is 0 Å². The third-order valence-electron chi connectivity index (χ3n) is 3.49. The van der Waals surface area contributed by atoms with Crippen LogP contribution in [0.4, 0.5) is 0 Å². The Kier molecular flexibility index (Phi) is 5.07. The molecule has 0 amide bonds. The maximum Gasteiger partial charge on any atom is 0.213 e. The summed E-state index contributed by atoms with van der Waals surface area (Å²) >= 11 is 0. The van der Waals surface area contributed by atoms with E-state index < -0.39 is 6.29 Å². The summed E-state index contributed by atoms with van der Waals surface area (Å²) < 4.78 is 22.3. The van der Waals surface area contributed by atoms with Crippen LogP contribution in [-0.2, 0) is 16.1 Å². The minimum absolute atomic E-state index is 0.117. The van der Waals surface area contributed by atoms with Crippen LogP contribution in [0.1, 0.15) is 17.5 Å². The molecule has 23 heavy (non-hydrogen) atoms. The lowest BCUT2D eigenvalue weighted by molar-refractivity contribution is -0.216. The van der Waals surface area contributed by atoms with Crippen LogP contribution < -0.4 is 9.47 Å². The van der Waals surface area contributed by atoms with Crippen LogP contribution >= 0.6 is 0 Å². The van der Waals surface area contributed by atoms with Crippen LogP contribution in [0.2, 0.25) is 0 Å². The van der Waals surface area contributed by atoms with Crippen LogP contribution in [0.25, 0.3) is 0 Å². The highest BCUT2D eigenvalue weighted by Gasteiger charge is 2.25. The van der Waals surface area contributed by atoms with Gasteiger partial charge in [0.1, 0.15) is 11.9 Å². The summed E-state index contributed by atoms with van der Waals surface area (Å²) in [5, 5.41) is 9.09. The Morgan fingerprint density at radius 1 is 1.13 bits per heavy atom. The van der Waals surface area contributed by atoms with Gasteiger partial charge in [-0.1, -0.05) is 18.2 Å². The number of aliphatic hydroxyl groups excluding tert-OH is 1. The zero-order chi connectivity index (χ0) is 16.1. The number of methoxy groups -OCH3 is 1. The fourth-order valence-corrected chi connectivity index (χ4v) is 2.29. The predicted octanol–water partition coefficient (Wildman–Crippen LogP) is 2.08. The summed E-state index contributed by atoms with van der Waals surface area (Å²) in [5.41, 5.74) is 1.50. The van der Waals surface area contributed by atoms with Crippen molar-refractivity contribution in [1.82, 2.24) is 4.98 Å². The van der Waals surface area contributed by atoms with Crippen molar-refractivity contribution in [2.75, 3.05) is 20.3 Å². The average molecular weight is 317 g/mol. The molecule has 122 valence electrons. The molecule has 1 aromatic carbocycles. The monoisotopic (exact) mass is 317 g/mol. The first-order chi connectivity index (χ1) is 11.3. The van der Waals surface area contributed by atoms with Crippen molar-refractivity contribution in [3.8, 4) is 11.6 Å². The van der Waals surface area contributed by atoms with Gasteiger partial charge in [-0.15, -0.1) is 0 Å². The summed E-state index contributed by atoms with van der Waals surface area (Å²) in [6.07, 6.45) is -0.636. The highest BCUT2D eigenvalue weighted by molar-refractivity contribution is 5.28. The normalized spacial score (nSPS) is 21.0. The molecule has 1 aliphatic heterocycles. The van der Waals surface area contributed by atoms with E-state index in [1.54, 1.807) is 25.3 Å². The number of pyridine rings is 1. The summed E-state index contributed by atoms with van der Waals surface area (Å²) in [6.45, 7) is 0.692. The fourth-order valence-electron chi connectivity index (χ4n) is 2.29. The highest BCUT2D eigenvalue weighted by Crippen LogP contribution is 2.26. The van der Waals surface area contributed by atoms with E-state index in [-0.39, 0.29) is 12.7 Å². The van der Waals surface area contributed by atoms with Gasteiger partial charge in [-0.2, -0.15) is 0 Å². The third-order valence-corrected chi connectivity index (χ3v) is 3.49. The van der Waals surface area contributed by atoms with Crippen molar-refractivity contribution < 1.29 is 24.1 Å². The summed E-state index contributed by atoms with van der Waals surface area (Å²) in [5.74, 6) is 1.25. The number of aromatic nitrogens is 1. The van der Waals surface area contributed by atoms with Crippen LogP contribution in [0.3, 0.4) is 0 Å². The molecular weight excluding hydrogens is 298 g/mol. The van der Waals surface area contributed by atoms with Gasteiger partial charge in [0.05, 0.1) is 32.6 Å². The molecule has 0 aliphatic carbocycles. The van der Waals surface area contributed by atoms with Gasteiger partial charge in [0, 0.05) is 11.6 Å². The lowest BCUT2D eigenvalue weighted by Crippen LogP contribution is -2.35. The number of rotatable bonds is 5. The van der Waals surface area contributed by atoms with Crippen LogP contribution in [-0.4, -0.2) is 36.5 Å². The Hall–Kier alpha value is -2.15.